The van der Waals surface area contributed by atoms with Gasteiger partial charge in [0.05, 0.1) is 0 Å². The largest absolute Gasteiger partial charge is 0.311 e. The molecule has 0 bridgehead atoms. The summed E-state index contributed by atoms with van der Waals surface area (Å²) in [5.74, 6) is 1.56. The Labute approximate surface area is 98.3 Å². The van der Waals surface area contributed by atoms with E-state index in [9.17, 15) is 0 Å². The highest BCUT2D eigenvalue weighted by Gasteiger charge is 2.35. The molecule has 0 spiro atoms. The fourth-order valence-electron chi connectivity index (χ4n) is 3.02. The van der Waals surface area contributed by atoms with Gasteiger partial charge in [0.25, 0.3) is 0 Å². The molecule has 0 aromatic heterocycles. The lowest BCUT2D eigenvalue weighted by molar-refractivity contribution is 0.411. The van der Waals surface area contributed by atoms with Gasteiger partial charge in [-0.1, -0.05) is 24.3 Å². The van der Waals surface area contributed by atoms with Crippen molar-refractivity contribution < 1.29 is 0 Å². The summed E-state index contributed by atoms with van der Waals surface area (Å²) in [7, 11) is 0. The van der Waals surface area contributed by atoms with Gasteiger partial charge in [0.1, 0.15) is 0 Å². The molecule has 1 nitrogen and oxygen atoms in total. The van der Waals surface area contributed by atoms with Gasteiger partial charge in [0.2, 0.25) is 0 Å². The van der Waals surface area contributed by atoms with Crippen molar-refractivity contribution in [1.29, 1.82) is 0 Å². The molecule has 1 heterocycles. The summed E-state index contributed by atoms with van der Waals surface area (Å²) in [5, 5.41) is 3.59. The second-order valence-corrected chi connectivity index (χ2v) is 5.93. The molecule has 1 unspecified atom stereocenters. The van der Waals surface area contributed by atoms with Gasteiger partial charge in [-0.2, -0.15) is 0 Å². The molecule has 1 aromatic carbocycles. The van der Waals surface area contributed by atoms with E-state index < -0.39 is 0 Å². The lowest BCUT2D eigenvalue weighted by Gasteiger charge is -2.27. The minimum Gasteiger partial charge on any atom is -0.311 e. The molecule has 1 aliphatic heterocycles. The molecule has 3 rings (SSSR count). The highest BCUT2D eigenvalue weighted by atomic mass is 15.0. The van der Waals surface area contributed by atoms with Crippen LogP contribution in [-0.4, -0.2) is 12.1 Å². The summed E-state index contributed by atoms with van der Waals surface area (Å²) in [6.07, 6.45) is 4.07. The lowest BCUT2D eigenvalue weighted by Crippen LogP contribution is -2.36. The first-order valence-corrected chi connectivity index (χ1v) is 6.52. The Morgan fingerprint density at radius 3 is 2.12 bits per heavy atom. The van der Waals surface area contributed by atoms with Gasteiger partial charge in [-0.05, 0) is 56.7 Å². The van der Waals surface area contributed by atoms with E-state index in [0.29, 0.717) is 5.92 Å². The van der Waals surface area contributed by atoms with Gasteiger partial charge in [-0.3, -0.25) is 0 Å². The fourth-order valence-corrected chi connectivity index (χ4v) is 3.02. The first-order valence-electron chi connectivity index (χ1n) is 6.52. The molecule has 86 valence electrons. The SMILES string of the molecule is CC1(C)NCCC1c1ccc(C2CC2)cc1. The van der Waals surface area contributed by atoms with Gasteiger partial charge < -0.3 is 5.32 Å². The molecular weight excluding hydrogens is 194 g/mol. The summed E-state index contributed by atoms with van der Waals surface area (Å²) < 4.78 is 0. The number of benzene rings is 1. The molecule has 1 aromatic rings. The van der Waals surface area contributed by atoms with E-state index in [1.54, 1.807) is 5.56 Å². The van der Waals surface area contributed by atoms with Crippen LogP contribution in [0, 0.1) is 0 Å². The molecule has 0 amide bonds. The van der Waals surface area contributed by atoms with Gasteiger partial charge in [0, 0.05) is 11.5 Å². The van der Waals surface area contributed by atoms with E-state index in [-0.39, 0.29) is 5.54 Å². The van der Waals surface area contributed by atoms with Gasteiger partial charge in [0.15, 0.2) is 0 Å². The average molecular weight is 215 g/mol. The standard InChI is InChI=1S/C15H21N/c1-15(2)14(9-10-16-15)13-7-5-12(6-8-13)11-3-4-11/h5-8,11,14,16H,3-4,9-10H2,1-2H3. The van der Waals surface area contributed by atoms with E-state index >= 15 is 0 Å². The van der Waals surface area contributed by atoms with Crippen LogP contribution in [0.15, 0.2) is 24.3 Å². The maximum absolute atomic E-state index is 3.59. The Morgan fingerprint density at radius 2 is 1.62 bits per heavy atom. The van der Waals surface area contributed by atoms with Crippen molar-refractivity contribution in [1.82, 2.24) is 5.32 Å². The highest BCUT2D eigenvalue weighted by Crippen LogP contribution is 2.41. The zero-order valence-corrected chi connectivity index (χ0v) is 10.3. The van der Waals surface area contributed by atoms with Crippen LogP contribution < -0.4 is 5.32 Å². The monoisotopic (exact) mass is 215 g/mol. The molecular formula is C15H21N. The zero-order chi connectivity index (χ0) is 11.2. The van der Waals surface area contributed by atoms with Crippen LogP contribution in [-0.2, 0) is 0 Å². The van der Waals surface area contributed by atoms with Crippen molar-refractivity contribution in [2.75, 3.05) is 6.54 Å². The summed E-state index contributed by atoms with van der Waals surface area (Å²) in [4.78, 5) is 0. The van der Waals surface area contributed by atoms with Crippen molar-refractivity contribution in [3.63, 3.8) is 0 Å². The van der Waals surface area contributed by atoms with Gasteiger partial charge >= 0.3 is 0 Å². The maximum Gasteiger partial charge on any atom is 0.0194 e. The van der Waals surface area contributed by atoms with Crippen LogP contribution in [0.1, 0.15) is 56.1 Å². The quantitative estimate of drug-likeness (QED) is 0.797. The lowest BCUT2D eigenvalue weighted by atomic mass is 9.83. The number of nitrogens with one attached hydrogen (secondary N) is 1. The summed E-state index contributed by atoms with van der Waals surface area (Å²) in [6, 6.07) is 9.41. The number of hydrogen-bond donors (Lipinski definition) is 1. The van der Waals surface area contributed by atoms with Crippen molar-refractivity contribution >= 4 is 0 Å². The van der Waals surface area contributed by atoms with E-state index in [2.05, 4.69) is 43.4 Å². The van der Waals surface area contributed by atoms with E-state index in [4.69, 9.17) is 0 Å². The van der Waals surface area contributed by atoms with Crippen LogP contribution in [0.3, 0.4) is 0 Å². The molecule has 0 radical (unpaired) electrons. The van der Waals surface area contributed by atoms with E-state index in [1.165, 1.54) is 24.8 Å². The molecule has 16 heavy (non-hydrogen) atoms. The average Bonchev–Trinajstić information content (AvgIpc) is 3.04. The van der Waals surface area contributed by atoms with Crippen LogP contribution in [0.25, 0.3) is 0 Å². The number of rotatable bonds is 2. The van der Waals surface area contributed by atoms with Crippen molar-refractivity contribution in [3.05, 3.63) is 35.4 Å². The first-order chi connectivity index (χ1) is 7.67. The minimum absolute atomic E-state index is 0.265. The molecule has 2 aliphatic rings. The van der Waals surface area contributed by atoms with Crippen LogP contribution >= 0.6 is 0 Å². The molecule has 1 saturated carbocycles. The zero-order valence-electron chi connectivity index (χ0n) is 10.3. The second-order valence-electron chi connectivity index (χ2n) is 5.93. The summed E-state index contributed by atoms with van der Waals surface area (Å²) >= 11 is 0. The normalized spacial score (nSPS) is 28.2. The summed E-state index contributed by atoms with van der Waals surface area (Å²) in [6.45, 7) is 5.79. The molecule has 2 fully saturated rings. The topological polar surface area (TPSA) is 12.0 Å². The van der Waals surface area contributed by atoms with E-state index in [1.807, 2.05) is 0 Å². The third-order valence-electron chi connectivity index (χ3n) is 4.27. The van der Waals surface area contributed by atoms with Gasteiger partial charge in [-0.25, -0.2) is 0 Å². The molecule has 1 heteroatoms. The van der Waals surface area contributed by atoms with Crippen LogP contribution in [0.4, 0.5) is 0 Å². The maximum atomic E-state index is 3.59. The second kappa shape index (κ2) is 3.59. The molecule has 1 N–H and O–H groups in total. The van der Waals surface area contributed by atoms with Crippen LogP contribution in [0.2, 0.25) is 0 Å². The smallest absolute Gasteiger partial charge is 0.0194 e. The van der Waals surface area contributed by atoms with Crippen molar-refractivity contribution in [3.8, 4) is 0 Å². The van der Waals surface area contributed by atoms with Crippen LogP contribution in [0.5, 0.6) is 0 Å². The highest BCUT2D eigenvalue weighted by molar-refractivity contribution is 5.32. The Balaban J connectivity index is 1.83. The summed E-state index contributed by atoms with van der Waals surface area (Å²) in [5.41, 5.74) is 3.33. The molecule has 1 atom stereocenters. The third-order valence-corrected chi connectivity index (χ3v) is 4.27. The fraction of sp³-hybridized carbons (Fsp3) is 0.600. The van der Waals surface area contributed by atoms with Gasteiger partial charge in [-0.15, -0.1) is 0 Å². The molecule has 1 saturated heterocycles. The molecule has 1 aliphatic carbocycles. The van der Waals surface area contributed by atoms with Crippen molar-refractivity contribution in [2.45, 2.75) is 50.5 Å². The predicted octanol–water partition coefficient (Wildman–Crippen LogP) is 3.42. The third kappa shape index (κ3) is 1.78. The first kappa shape index (κ1) is 10.3. The minimum atomic E-state index is 0.265. The Hall–Kier alpha value is -0.820. The number of hydrogen-bond acceptors (Lipinski definition) is 1. The Morgan fingerprint density at radius 1 is 1.00 bits per heavy atom. The van der Waals surface area contributed by atoms with Crippen molar-refractivity contribution in [2.24, 2.45) is 0 Å². The van der Waals surface area contributed by atoms with E-state index in [0.717, 1.165) is 12.5 Å². The Bertz CT molecular complexity index is 373. The Kier molecular flexibility index (Phi) is 2.32. The predicted molar refractivity (Wildman–Crippen MR) is 67.9 cm³/mol.